The zero-order valence-electron chi connectivity index (χ0n) is 8.23. The third-order valence-electron chi connectivity index (χ3n) is 2.10. The van der Waals surface area contributed by atoms with Crippen molar-refractivity contribution < 1.29 is 0 Å². The van der Waals surface area contributed by atoms with Crippen molar-refractivity contribution >= 4 is 0 Å². The summed E-state index contributed by atoms with van der Waals surface area (Å²) in [6.07, 6.45) is 0. The summed E-state index contributed by atoms with van der Waals surface area (Å²) in [5.74, 6) is 3.97. The average Bonchev–Trinajstić information content (AvgIpc) is 1.59. The molecule has 10 heavy (non-hydrogen) atoms. The fourth-order valence-corrected chi connectivity index (χ4v) is 2.10. The fraction of sp³-hybridized carbons (Fsp3) is 0.900. The maximum absolute atomic E-state index is 2.30. The Morgan fingerprint density at radius 3 is 1.10 bits per heavy atom. The second-order valence-corrected chi connectivity index (χ2v) is 4.09. The van der Waals surface area contributed by atoms with Crippen LogP contribution in [0.25, 0.3) is 0 Å². The molecule has 0 aromatic carbocycles. The monoisotopic (exact) mass is 141 g/mol. The summed E-state index contributed by atoms with van der Waals surface area (Å²) >= 11 is 0. The highest BCUT2D eigenvalue weighted by atomic mass is 14.3. The van der Waals surface area contributed by atoms with Crippen LogP contribution >= 0.6 is 0 Å². The first-order valence-corrected chi connectivity index (χ1v) is 4.26. The van der Waals surface area contributed by atoms with Gasteiger partial charge in [0.25, 0.3) is 0 Å². The zero-order chi connectivity index (χ0) is 8.31. The molecule has 0 atom stereocenters. The summed E-state index contributed by atoms with van der Waals surface area (Å²) in [6.45, 7) is 13.7. The first-order chi connectivity index (χ1) is 4.46. The van der Waals surface area contributed by atoms with Gasteiger partial charge < -0.3 is 0 Å². The van der Waals surface area contributed by atoms with Crippen molar-refractivity contribution in [3.05, 3.63) is 5.92 Å². The number of rotatable bonds is 3. The van der Waals surface area contributed by atoms with Crippen LogP contribution in [0.1, 0.15) is 41.5 Å². The lowest BCUT2D eigenvalue weighted by Crippen LogP contribution is -2.19. The lowest BCUT2D eigenvalue weighted by molar-refractivity contribution is 0.304. The quantitative estimate of drug-likeness (QED) is 0.564. The van der Waals surface area contributed by atoms with Gasteiger partial charge in [0.1, 0.15) is 0 Å². The summed E-state index contributed by atoms with van der Waals surface area (Å²) in [5, 5.41) is 0. The number of hydrogen-bond acceptors (Lipinski definition) is 0. The van der Waals surface area contributed by atoms with E-state index in [0.717, 1.165) is 17.8 Å². The van der Waals surface area contributed by atoms with Crippen LogP contribution in [0, 0.1) is 23.7 Å². The Bertz CT molecular complexity index is 61.0. The Morgan fingerprint density at radius 2 is 1.10 bits per heavy atom. The van der Waals surface area contributed by atoms with Crippen molar-refractivity contribution in [3.63, 3.8) is 0 Å². The predicted octanol–water partition coefficient (Wildman–Crippen LogP) is 3.53. The molecule has 0 saturated heterocycles. The fourth-order valence-electron chi connectivity index (χ4n) is 2.10. The van der Waals surface area contributed by atoms with Crippen LogP contribution in [0.4, 0.5) is 0 Å². The Morgan fingerprint density at radius 1 is 0.800 bits per heavy atom. The second kappa shape index (κ2) is 4.00. The first-order valence-electron chi connectivity index (χ1n) is 4.26. The van der Waals surface area contributed by atoms with Gasteiger partial charge >= 0.3 is 0 Å². The van der Waals surface area contributed by atoms with Crippen molar-refractivity contribution in [2.24, 2.45) is 17.8 Å². The summed E-state index contributed by atoms with van der Waals surface area (Å²) in [7, 11) is 0. The van der Waals surface area contributed by atoms with E-state index in [0.29, 0.717) is 0 Å². The van der Waals surface area contributed by atoms with E-state index in [9.17, 15) is 0 Å². The van der Waals surface area contributed by atoms with Crippen LogP contribution in [-0.4, -0.2) is 0 Å². The predicted molar refractivity (Wildman–Crippen MR) is 47.8 cm³/mol. The molecule has 0 heteroatoms. The molecule has 0 fully saturated rings. The molecule has 0 aromatic rings. The largest absolute Gasteiger partial charge is 0.0625 e. The molecule has 0 unspecified atom stereocenters. The van der Waals surface area contributed by atoms with Crippen LogP contribution in [-0.2, 0) is 0 Å². The van der Waals surface area contributed by atoms with Gasteiger partial charge in [-0.2, -0.15) is 0 Å². The Kier molecular flexibility index (Phi) is 4.00. The van der Waals surface area contributed by atoms with Crippen molar-refractivity contribution in [2.75, 3.05) is 0 Å². The normalized spacial score (nSPS) is 12.6. The topological polar surface area (TPSA) is 0 Å². The van der Waals surface area contributed by atoms with Gasteiger partial charge in [-0.3, -0.25) is 0 Å². The van der Waals surface area contributed by atoms with Crippen molar-refractivity contribution in [1.29, 1.82) is 0 Å². The highest BCUT2D eigenvalue weighted by Crippen LogP contribution is 2.29. The standard InChI is InChI=1S/C10H21/c1-7(2)10(8(3)4)9(5)6/h7-8,10H,1-6H3. The third-order valence-corrected chi connectivity index (χ3v) is 2.10. The minimum Gasteiger partial charge on any atom is -0.0625 e. The molecule has 0 aliphatic heterocycles. The Hall–Kier alpha value is 0. The smallest absolute Gasteiger partial charge is 0.0267 e. The molecule has 0 N–H and O–H groups in total. The minimum atomic E-state index is 0.796. The molecule has 0 saturated carbocycles. The van der Waals surface area contributed by atoms with Gasteiger partial charge in [-0.15, -0.1) is 0 Å². The summed E-state index contributed by atoms with van der Waals surface area (Å²) < 4.78 is 0. The van der Waals surface area contributed by atoms with Crippen molar-refractivity contribution in [2.45, 2.75) is 41.5 Å². The van der Waals surface area contributed by atoms with E-state index in [1.54, 1.807) is 5.92 Å². The van der Waals surface area contributed by atoms with Gasteiger partial charge in [0.15, 0.2) is 0 Å². The van der Waals surface area contributed by atoms with Gasteiger partial charge in [-0.1, -0.05) is 41.5 Å². The van der Waals surface area contributed by atoms with Crippen LogP contribution in [0.3, 0.4) is 0 Å². The van der Waals surface area contributed by atoms with Crippen molar-refractivity contribution in [1.82, 2.24) is 0 Å². The summed E-state index contributed by atoms with van der Waals surface area (Å²) in [5.41, 5.74) is 0. The van der Waals surface area contributed by atoms with E-state index in [1.807, 2.05) is 0 Å². The molecule has 0 bridgehead atoms. The Balaban J connectivity index is 3.98. The maximum atomic E-state index is 2.30. The van der Waals surface area contributed by atoms with Gasteiger partial charge in [0.2, 0.25) is 0 Å². The van der Waals surface area contributed by atoms with E-state index in [2.05, 4.69) is 41.5 Å². The highest BCUT2D eigenvalue weighted by Gasteiger charge is 2.20. The van der Waals surface area contributed by atoms with Crippen LogP contribution in [0.5, 0.6) is 0 Å². The SMILES string of the molecule is C[C](C)C(C(C)C)C(C)C. The van der Waals surface area contributed by atoms with E-state index < -0.39 is 0 Å². The highest BCUT2D eigenvalue weighted by molar-refractivity contribution is 4.90. The molecule has 0 rings (SSSR count). The van der Waals surface area contributed by atoms with Gasteiger partial charge in [0.05, 0.1) is 0 Å². The molecule has 1 radical (unpaired) electrons. The molecular weight excluding hydrogens is 120 g/mol. The molecule has 61 valence electrons. The molecule has 0 amide bonds. The maximum Gasteiger partial charge on any atom is -0.0267 e. The van der Waals surface area contributed by atoms with E-state index in [-0.39, 0.29) is 0 Å². The molecule has 0 aliphatic carbocycles. The zero-order valence-corrected chi connectivity index (χ0v) is 8.23. The van der Waals surface area contributed by atoms with Gasteiger partial charge in [-0.05, 0) is 23.7 Å². The molecule has 0 spiro atoms. The molecular formula is C10H21. The molecule has 0 nitrogen and oxygen atoms in total. The lowest BCUT2D eigenvalue weighted by Gasteiger charge is -2.28. The molecule has 0 aromatic heterocycles. The second-order valence-electron chi connectivity index (χ2n) is 4.09. The first kappa shape index (κ1) is 10.0. The molecule has 0 heterocycles. The third kappa shape index (κ3) is 2.72. The number of hydrogen-bond donors (Lipinski definition) is 0. The van der Waals surface area contributed by atoms with Crippen LogP contribution in [0.15, 0.2) is 0 Å². The van der Waals surface area contributed by atoms with Crippen LogP contribution in [0.2, 0.25) is 0 Å². The van der Waals surface area contributed by atoms with Crippen molar-refractivity contribution in [3.8, 4) is 0 Å². The molecule has 0 aliphatic rings. The van der Waals surface area contributed by atoms with E-state index in [1.165, 1.54) is 0 Å². The van der Waals surface area contributed by atoms with E-state index >= 15 is 0 Å². The average molecular weight is 141 g/mol. The minimum absolute atomic E-state index is 0.796. The Labute approximate surface area is 66.0 Å². The lowest BCUT2D eigenvalue weighted by atomic mass is 9.78. The van der Waals surface area contributed by atoms with E-state index in [4.69, 9.17) is 0 Å². The van der Waals surface area contributed by atoms with Gasteiger partial charge in [0, 0.05) is 0 Å². The van der Waals surface area contributed by atoms with Gasteiger partial charge in [-0.25, -0.2) is 0 Å². The summed E-state index contributed by atoms with van der Waals surface area (Å²) in [4.78, 5) is 0. The summed E-state index contributed by atoms with van der Waals surface area (Å²) in [6, 6.07) is 0. The van der Waals surface area contributed by atoms with Crippen LogP contribution < -0.4 is 0 Å².